The summed E-state index contributed by atoms with van der Waals surface area (Å²) >= 11 is 0. The SMILES string of the molecule is CCCCCCCCCCCC(=O)O.O.O.O.O.O.O.O.O.O.O.O=S(=O)([O-])[O-].[Na+].[Na+]. The van der Waals surface area contributed by atoms with Crippen molar-refractivity contribution < 1.29 is 141 Å². The van der Waals surface area contributed by atoms with E-state index >= 15 is 0 Å². The van der Waals surface area contributed by atoms with Gasteiger partial charge in [0.25, 0.3) is 0 Å². The molecule has 0 rings (SSSR count). The second-order valence-corrected chi connectivity index (χ2v) is 5.20. The maximum Gasteiger partial charge on any atom is 1.00 e. The molecule has 16 nitrogen and oxygen atoms in total. The molecule has 0 radical (unpaired) electrons. The Morgan fingerprint density at radius 3 is 1.00 bits per heavy atom. The molecule has 0 aromatic rings. The molecule has 0 bridgehead atoms. The van der Waals surface area contributed by atoms with Crippen LogP contribution >= 0.6 is 0 Å². The van der Waals surface area contributed by atoms with Crippen LogP contribution in [0.3, 0.4) is 0 Å². The van der Waals surface area contributed by atoms with Gasteiger partial charge in [-0.15, -0.1) is 0 Å². The van der Waals surface area contributed by atoms with Gasteiger partial charge < -0.3 is 69.0 Å². The van der Waals surface area contributed by atoms with E-state index in [1.807, 2.05) is 0 Å². The number of aliphatic carboxylic acids is 1. The standard InChI is InChI=1S/C12H24O2.2Na.H2O4S.10H2O/c1-2-3-4-5-6-7-8-9-10-11-12(13)14;;;1-5(2,3)4;;;;;;;;;;/h2-11H2,1H3,(H,13,14);;;(H2,1,2,3,4);10*1H2/q;2*+1;;;;;;;;;;;/p-2. The molecule has 0 aliphatic heterocycles. The van der Waals surface area contributed by atoms with E-state index < -0.39 is 16.4 Å². The van der Waals surface area contributed by atoms with Crippen molar-refractivity contribution in [3.8, 4) is 0 Å². The number of unbranched alkanes of at least 4 members (excludes halogenated alkanes) is 8. The summed E-state index contributed by atoms with van der Waals surface area (Å²) in [5.74, 6) is -0.659. The maximum absolute atomic E-state index is 10.2. The molecule has 21 N–H and O–H groups in total. The fourth-order valence-electron chi connectivity index (χ4n) is 1.59. The number of hydrogen-bond donors (Lipinski definition) is 1. The second-order valence-electron chi connectivity index (χ2n) is 4.38. The van der Waals surface area contributed by atoms with Crippen molar-refractivity contribution in [3.05, 3.63) is 0 Å². The predicted octanol–water partition coefficient (Wildman–Crippen LogP) is -11.6. The fraction of sp³-hybridized carbons (Fsp3) is 0.917. The van der Waals surface area contributed by atoms with Crippen molar-refractivity contribution in [1.29, 1.82) is 0 Å². The van der Waals surface area contributed by atoms with Gasteiger partial charge in [0.2, 0.25) is 0 Å². The summed E-state index contributed by atoms with van der Waals surface area (Å²) in [7, 11) is -5.17. The molecule has 19 heteroatoms. The van der Waals surface area contributed by atoms with E-state index in [0.717, 1.165) is 12.8 Å². The summed E-state index contributed by atoms with van der Waals surface area (Å²) < 4.78 is 34.1. The van der Waals surface area contributed by atoms with Crippen LogP contribution < -0.4 is 59.1 Å². The zero-order chi connectivity index (χ0) is 15.1. The Hall–Kier alpha value is 0.940. The summed E-state index contributed by atoms with van der Waals surface area (Å²) in [5, 5.41) is 8.41. The molecule has 0 aromatic carbocycles. The van der Waals surface area contributed by atoms with Gasteiger partial charge in [0, 0.05) is 16.8 Å². The minimum atomic E-state index is -5.17. The quantitative estimate of drug-likeness (QED) is 0.125. The zero-order valence-electron chi connectivity index (χ0n) is 18.5. The Labute approximate surface area is 227 Å². The number of hydrogen-bond acceptors (Lipinski definition) is 5. The molecule has 0 unspecified atom stereocenters. The minimum Gasteiger partial charge on any atom is -0.759 e. The van der Waals surface area contributed by atoms with Gasteiger partial charge in [-0.25, -0.2) is 0 Å². The van der Waals surface area contributed by atoms with Crippen LogP contribution in [0, 0.1) is 0 Å². The van der Waals surface area contributed by atoms with Crippen molar-refractivity contribution >= 4 is 16.4 Å². The van der Waals surface area contributed by atoms with E-state index in [4.69, 9.17) is 22.6 Å². The Morgan fingerprint density at radius 1 is 0.613 bits per heavy atom. The third-order valence-corrected chi connectivity index (χ3v) is 2.49. The molecule has 0 amide bonds. The average Bonchev–Trinajstić information content (AvgIpc) is 2.24. The molecular formula is C12H44Na2O16S. The van der Waals surface area contributed by atoms with Gasteiger partial charge in [-0.05, 0) is 6.42 Å². The van der Waals surface area contributed by atoms with E-state index in [-0.39, 0.29) is 114 Å². The third-order valence-electron chi connectivity index (χ3n) is 2.49. The van der Waals surface area contributed by atoms with Gasteiger partial charge in [0.15, 0.2) is 0 Å². The third kappa shape index (κ3) is 182. The number of carboxylic acids is 1. The van der Waals surface area contributed by atoms with Crippen LogP contribution in [0.2, 0.25) is 0 Å². The molecule has 0 spiro atoms. The van der Waals surface area contributed by atoms with Crippen molar-refractivity contribution in [3.63, 3.8) is 0 Å². The van der Waals surface area contributed by atoms with E-state index in [9.17, 15) is 4.79 Å². The second kappa shape index (κ2) is 69.8. The summed E-state index contributed by atoms with van der Waals surface area (Å²) in [5.41, 5.74) is 0. The maximum atomic E-state index is 10.2. The minimum absolute atomic E-state index is 0. The van der Waals surface area contributed by atoms with Gasteiger partial charge in [0.1, 0.15) is 0 Å². The first-order valence-electron chi connectivity index (χ1n) is 6.66. The molecular weight excluding hydrogens is 478 g/mol. The number of rotatable bonds is 10. The van der Waals surface area contributed by atoms with Crippen LogP contribution in [-0.4, -0.2) is 83.4 Å². The molecule has 196 valence electrons. The van der Waals surface area contributed by atoms with Crippen LogP contribution in [0.4, 0.5) is 0 Å². The van der Waals surface area contributed by atoms with Gasteiger partial charge in [-0.2, -0.15) is 0 Å². The van der Waals surface area contributed by atoms with Gasteiger partial charge >= 0.3 is 65.1 Å². The monoisotopic (exact) mass is 522 g/mol. The molecule has 0 heterocycles. The van der Waals surface area contributed by atoms with E-state index in [1.54, 1.807) is 0 Å². The van der Waals surface area contributed by atoms with Crippen LogP contribution in [0.1, 0.15) is 71.1 Å². The topological polar surface area (TPSA) is 433 Å². The Bertz CT molecular complexity index is 314. The zero-order valence-corrected chi connectivity index (χ0v) is 23.3. The Kier molecular flexibility index (Phi) is 214. The molecule has 0 aliphatic carbocycles. The van der Waals surface area contributed by atoms with Crippen molar-refractivity contribution in [2.45, 2.75) is 71.1 Å². The number of carbonyl (C=O) groups is 1. The first-order chi connectivity index (χ1) is 8.77. The normalized spacial score (nSPS) is 6.55. The van der Waals surface area contributed by atoms with Crippen molar-refractivity contribution in [2.75, 3.05) is 0 Å². The average molecular weight is 523 g/mol. The molecule has 0 saturated heterocycles. The van der Waals surface area contributed by atoms with E-state index in [1.165, 1.54) is 44.9 Å². The summed E-state index contributed by atoms with van der Waals surface area (Å²) in [6.07, 6.45) is 11.5. The van der Waals surface area contributed by atoms with Gasteiger partial charge in [-0.1, -0.05) is 58.3 Å². The molecule has 0 aliphatic rings. The van der Waals surface area contributed by atoms with Crippen LogP contribution in [0.15, 0.2) is 0 Å². The summed E-state index contributed by atoms with van der Waals surface area (Å²) in [6, 6.07) is 0. The Morgan fingerprint density at radius 2 is 0.806 bits per heavy atom. The van der Waals surface area contributed by atoms with Crippen LogP contribution in [0.25, 0.3) is 0 Å². The van der Waals surface area contributed by atoms with E-state index in [2.05, 4.69) is 6.92 Å². The summed E-state index contributed by atoms with van der Waals surface area (Å²) in [6.45, 7) is 2.23. The molecule has 0 saturated carbocycles. The van der Waals surface area contributed by atoms with Gasteiger partial charge in [0.05, 0.1) is 0 Å². The smallest absolute Gasteiger partial charge is 0.759 e. The molecule has 0 fully saturated rings. The van der Waals surface area contributed by atoms with Gasteiger partial charge in [-0.3, -0.25) is 13.2 Å². The first-order valence-corrected chi connectivity index (χ1v) is 7.99. The Balaban J connectivity index is -0.0000000130. The number of carboxylic acid groups (broad SMARTS) is 1. The van der Waals surface area contributed by atoms with Crippen LogP contribution in [-0.2, 0) is 15.2 Å². The molecule has 31 heavy (non-hydrogen) atoms. The first kappa shape index (κ1) is 95.0. The predicted molar refractivity (Wildman–Crippen MR) is 106 cm³/mol. The van der Waals surface area contributed by atoms with Crippen molar-refractivity contribution in [1.82, 2.24) is 0 Å². The molecule has 0 aromatic heterocycles. The van der Waals surface area contributed by atoms with Crippen LogP contribution in [0.5, 0.6) is 0 Å². The van der Waals surface area contributed by atoms with Crippen molar-refractivity contribution in [2.24, 2.45) is 0 Å². The fourth-order valence-corrected chi connectivity index (χ4v) is 1.59. The van der Waals surface area contributed by atoms with E-state index in [0.29, 0.717) is 6.42 Å². The largest absolute Gasteiger partial charge is 1.00 e. The summed E-state index contributed by atoms with van der Waals surface area (Å²) in [4.78, 5) is 10.2. The molecule has 0 atom stereocenters.